The molecule has 2 amide bonds. The summed E-state index contributed by atoms with van der Waals surface area (Å²) in [7, 11) is 0. The van der Waals surface area contributed by atoms with Gasteiger partial charge in [-0.15, -0.1) is 0 Å². The highest BCUT2D eigenvalue weighted by Gasteiger charge is 2.39. The Labute approximate surface area is 111 Å². The fourth-order valence-corrected chi connectivity index (χ4v) is 3.13. The molecule has 1 rings (SSSR count). The van der Waals surface area contributed by atoms with Crippen molar-refractivity contribution in [3.8, 4) is 0 Å². The maximum Gasteiger partial charge on any atom is 0.320 e. The molecule has 1 aliphatic rings. The van der Waals surface area contributed by atoms with Crippen LogP contribution in [0.3, 0.4) is 0 Å². The quantitative estimate of drug-likeness (QED) is 0.820. The monoisotopic (exact) mass is 255 g/mol. The second-order valence-electron chi connectivity index (χ2n) is 5.19. The van der Waals surface area contributed by atoms with E-state index < -0.39 is 0 Å². The molecule has 0 heterocycles. The molecule has 4 heteroatoms. The minimum Gasteiger partial charge on any atom is -0.328 e. The van der Waals surface area contributed by atoms with Crippen molar-refractivity contribution in [2.75, 3.05) is 26.2 Å². The predicted octanol–water partition coefficient (Wildman–Crippen LogP) is 2.43. The summed E-state index contributed by atoms with van der Waals surface area (Å²) in [6.07, 6.45) is 5.78. The largest absolute Gasteiger partial charge is 0.328 e. The van der Waals surface area contributed by atoms with E-state index in [1.54, 1.807) is 0 Å². The van der Waals surface area contributed by atoms with Crippen molar-refractivity contribution >= 4 is 6.03 Å². The van der Waals surface area contributed by atoms with E-state index in [0.29, 0.717) is 6.54 Å². The van der Waals surface area contributed by atoms with Crippen LogP contribution in [0.4, 0.5) is 4.79 Å². The van der Waals surface area contributed by atoms with E-state index in [0.717, 1.165) is 32.5 Å². The van der Waals surface area contributed by atoms with E-state index in [1.807, 2.05) is 23.6 Å². The first-order chi connectivity index (χ1) is 8.65. The van der Waals surface area contributed by atoms with Crippen LogP contribution in [0.15, 0.2) is 0 Å². The number of carbonyl (C=O) groups is 1. The molecule has 0 aromatic rings. The second kappa shape index (κ2) is 6.98. The van der Waals surface area contributed by atoms with Gasteiger partial charge in [-0.25, -0.2) is 4.79 Å². The number of urea groups is 1. The molecule has 1 saturated carbocycles. The van der Waals surface area contributed by atoms with Gasteiger partial charge in [0.25, 0.3) is 0 Å². The van der Waals surface area contributed by atoms with Crippen LogP contribution in [0.1, 0.15) is 52.9 Å². The fraction of sp³-hybridized carbons (Fsp3) is 0.929. The molecule has 0 radical (unpaired) electrons. The smallest absolute Gasteiger partial charge is 0.320 e. The van der Waals surface area contributed by atoms with Crippen LogP contribution in [0.2, 0.25) is 0 Å². The van der Waals surface area contributed by atoms with E-state index in [-0.39, 0.29) is 11.6 Å². The average molecular weight is 255 g/mol. The fourth-order valence-electron chi connectivity index (χ4n) is 3.13. The van der Waals surface area contributed by atoms with Crippen molar-refractivity contribution in [1.82, 2.24) is 9.80 Å². The SMILES string of the molecule is CCN(CC)C(=O)N(CC)C1(CN)CCCCC1. The minimum absolute atomic E-state index is 0.0906. The average Bonchev–Trinajstić information content (AvgIpc) is 2.42. The van der Waals surface area contributed by atoms with Gasteiger partial charge in [0.2, 0.25) is 0 Å². The highest BCUT2D eigenvalue weighted by Crippen LogP contribution is 2.33. The summed E-state index contributed by atoms with van der Waals surface area (Å²) >= 11 is 0. The summed E-state index contributed by atoms with van der Waals surface area (Å²) in [6.45, 7) is 9.02. The topological polar surface area (TPSA) is 49.6 Å². The Hall–Kier alpha value is -0.770. The summed E-state index contributed by atoms with van der Waals surface area (Å²) in [4.78, 5) is 16.5. The number of nitrogens with two attached hydrogens (primary N) is 1. The second-order valence-corrected chi connectivity index (χ2v) is 5.19. The summed E-state index contributed by atoms with van der Waals surface area (Å²) in [5, 5.41) is 0. The predicted molar refractivity (Wildman–Crippen MR) is 75.6 cm³/mol. The van der Waals surface area contributed by atoms with Gasteiger partial charge in [0.1, 0.15) is 0 Å². The zero-order valence-electron chi connectivity index (χ0n) is 12.2. The van der Waals surface area contributed by atoms with Crippen molar-refractivity contribution < 1.29 is 4.79 Å². The number of rotatable bonds is 5. The molecule has 0 bridgehead atoms. The van der Waals surface area contributed by atoms with E-state index >= 15 is 0 Å². The molecule has 4 nitrogen and oxygen atoms in total. The van der Waals surface area contributed by atoms with Crippen molar-refractivity contribution in [2.45, 2.75) is 58.4 Å². The highest BCUT2D eigenvalue weighted by molar-refractivity contribution is 5.75. The van der Waals surface area contributed by atoms with Crippen molar-refractivity contribution in [3.05, 3.63) is 0 Å². The number of hydrogen-bond donors (Lipinski definition) is 1. The Morgan fingerprint density at radius 3 is 2.00 bits per heavy atom. The number of likely N-dealkylation sites (N-methyl/N-ethyl adjacent to an activating group) is 1. The highest BCUT2D eigenvalue weighted by atomic mass is 16.2. The van der Waals surface area contributed by atoms with Crippen molar-refractivity contribution in [1.29, 1.82) is 0 Å². The van der Waals surface area contributed by atoms with Gasteiger partial charge < -0.3 is 15.5 Å². The molecule has 1 aliphatic carbocycles. The zero-order chi connectivity index (χ0) is 13.6. The van der Waals surface area contributed by atoms with Crippen LogP contribution in [0.25, 0.3) is 0 Å². The Bertz CT molecular complexity index is 258. The van der Waals surface area contributed by atoms with Crippen LogP contribution in [0, 0.1) is 0 Å². The Morgan fingerprint density at radius 1 is 1.06 bits per heavy atom. The van der Waals surface area contributed by atoms with Gasteiger partial charge in [-0.05, 0) is 33.6 Å². The van der Waals surface area contributed by atoms with Gasteiger partial charge in [0.15, 0.2) is 0 Å². The van der Waals surface area contributed by atoms with Crippen LogP contribution in [-0.2, 0) is 0 Å². The van der Waals surface area contributed by atoms with E-state index in [2.05, 4.69) is 6.92 Å². The van der Waals surface area contributed by atoms with Crippen LogP contribution < -0.4 is 5.73 Å². The molecule has 0 spiro atoms. The molecule has 2 N–H and O–H groups in total. The lowest BCUT2D eigenvalue weighted by Gasteiger charge is -2.47. The molecule has 0 atom stereocenters. The van der Waals surface area contributed by atoms with Crippen molar-refractivity contribution in [3.63, 3.8) is 0 Å². The summed E-state index contributed by atoms with van der Waals surface area (Å²) in [5.41, 5.74) is 5.93. The van der Waals surface area contributed by atoms with Gasteiger partial charge in [-0.2, -0.15) is 0 Å². The van der Waals surface area contributed by atoms with Crippen LogP contribution in [-0.4, -0.2) is 47.5 Å². The number of nitrogens with zero attached hydrogens (tertiary/aromatic N) is 2. The van der Waals surface area contributed by atoms with Gasteiger partial charge in [0, 0.05) is 26.2 Å². The van der Waals surface area contributed by atoms with Gasteiger partial charge in [-0.1, -0.05) is 19.3 Å². The minimum atomic E-state index is -0.0906. The Morgan fingerprint density at radius 2 is 1.61 bits per heavy atom. The molecule has 0 aromatic carbocycles. The zero-order valence-corrected chi connectivity index (χ0v) is 12.2. The molecule has 0 saturated heterocycles. The van der Waals surface area contributed by atoms with Gasteiger partial charge in [0.05, 0.1) is 5.54 Å². The first kappa shape index (κ1) is 15.3. The maximum absolute atomic E-state index is 12.6. The molecule has 0 aromatic heterocycles. The molecule has 0 unspecified atom stereocenters. The van der Waals surface area contributed by atoms with E-state index in [1.165, 1.54) is 19.3 Å². The van der Waals surface area contributed by atoms with Gasteiger partial charge >= 0.3 is 6.03 Å². The molecule has 18 heavy (non-hydrogen) atoms. The number of carbonyl (C=O) groups excluding carboxylic acids is 1. The van der Waals surface area contributed by atoms with Crippen LogP contribution >= 0.6 is 0 Å². The first-order valence-electron chi connectivity index (χ1n) is 7.41. The number of amides is 2. The molecule has 106 valence electrons. The van der Waals surface area contributed by atoms with Crippen molar-refractivity contribution in [2.24, 2.45) is 5.73 Å². The lowest BCUT2D eigenvalue weighted by atomic mass is 9.80. The van der Waals surface area contributed by atoms with Gasteiger partial charge in [-0.3, -0.25) is 0 Å². The third-order valence-electron chi connectivity index (χ3n) is 4.32. The molecular formula is C14H29N3O. The molecule has 0 aliphatic heterocycles. The molecule has 1 fully saturated rings. The van der Waals surface area contributed by atoms with E-state index in [4.69, 9.17) is 5.73 Å². The molecular weight excluding hydrogens is 226 g/mol. The first-order valence-corrected chi connectivity index (χ1v) is 7.41. The summed E-state index contributed by atoms with van der Waals surface area (Å²) < 4.78 is 0. The summed E-state index contributed by atoms with van der Waals surface area (Å²) in [5.74, 6) is 0. The maximum atomic E-state index is 12.6. The van der Waals surface area contributed by atoms with E-state index in [9.17, 15) is 4.79 Å². The third-order valence-corrected chi connectivity index (χ3v) is 4.32. The summed E-state index contributed by atoms with van der Waals surface area (Å²) in [6, 6.07) is 0.162. The lowest BCUT2D eigenvalue weighted by Crippen LogP contribution is -2.60. The Balaban J connectivity index is 2.88. The Kier molecular flexibility index (Phi) is 5.93. The van der Waals surface area contributed by atoms with Crippen LogP contribution in [0.5, 0.6) is 0 Å². The normalized spacial score (nSPS) is 18.4. The number of hydrogen-bond acceptors (Lipinski definition) is 2. The third kappa shape index (κ3) is 2.97. The standard InChI is InChI=1S/C14H29N3O/c1-4-16(5-2)13(18)17(6-3)14(12-15)10-8-7-9-11-14/h4-12,15H2,1-3H3. The lowest BCUT2D eigenvalue weighted by molar-refractivity contribution is 0.0673.